The maximum absolute atomic E-state index is 14.1. The molecular weight excluding hydrogens is 339 g/mol. The number of halogens is 1. The van der Waals surface area contributed by atoms with Crippen LogP contribution in [0, 0.1) is 5.82 Å². The molecule has 0 aliphatic heterocycles. The van der Waals surface area contributed by atoms with Crippen molar-refractivity contribution in [3.8, 4) is 11.3 Å². The van der Waals surface area contributed by atoms with Crippen molar-refractivity contribution >= 4 is 17.5 Å². The van der Waals surface area contributed by atoms with Crippen molar-refractivity contribution < 1.29 is 4.39 Å². The lowest BCUT2D eigenvalue weighted by atomic mass is 9.96. The second kappa shape index (κ2) is 8.16. The van der Waals surface area contributed by atoms with E-state index in [1.807, 2.05) is 36.4 Å². The Morgan fingerprint density at radius 2 is 1.59 bits per heavy atom. The molecule has 2 aromatic carbocycles. The number of nitrogens with zero attached hydrogens (tertiary/aromatic N) is 2. The van der Waals surface area contributed by atoms with Crippen molar-refractivity contribution in [1.29, 1.82) is 0 Å². The third kappa shape index (κ3) is 4.42. The molecule has 1 fully saturated rings. The fourth-order valence-electron chi connectivity index (χ4n) is 3.46. The van der Waals surface area contributed by atoms with Gasteiger partial charge in [0.2, 0.25) is 5.95 Å². The van der Waals surface area contributed by atoms with Crippen molar-refractivity contribution in [2.75, 3.05) is 10.6 Å². The fourth-order valence-corrected chi connectivity index (χ4v) is 3.46. The first kappa shape index (κ1) is 17.5. The molecule has 0 amide bonds. The molecular formula is C22H23FN4. The minimum absolute atomic E-state index is 0.306. The first-order valence-electron chi connectivity index (χ1n) is 9.50. The average molecular weight is 362 g/mol. The maximum Gasteiger partial charge on any atom is 0.225 e. The third-order valence-electron chi connectivity index (χ3n) is 4.87. The van der Waals surface area contributed by atoms with Crippen molar-refractivity contribution in [3.05, 3.63) is 66.5 Å². The highest BCUT2D eigenvalue weighted by Crippen LogP contribution is 2.26. The largest absolute Gasteiger partial charge is 0.351 e. The van der Waals surface area contributed by atoms with Gasteiger partial charge in [0, 0.05) is 17.7 Å². The van der Waals surface area contributed by atoms with Gasteiger partial charge in [-0.1, -0.05) is 61.7 Å². The van der Waals surface area contributed by atoms with E-state index in [1.165, 1.54) is 25.3 Å². The maximum atomic E-state index is 14.1. The van der Waals surface area contributed by atoms with E-state index in [1.54, 1.807) is 18.2 Å². The van der Waals surface area contributed by atoms with Crippen LogP contribution in [-0.4, -0.2) is 16.0 Å². The van der Waals surface area contributed by atoms with Gasteiger partial charge in [0.1, 0.15) is 11.6 Å². The second-order valence-electron chi connectivity index (χ2n) is 6.91. The highest BCUT2D eigenvalue weighted by molar-refractivity contribution is 5.67. The predicted octanol–water partition coefficient (Wildman–Crippen LogP) is 5.77. The van der Waals surface area contributed by atoms with Crippen LogP contribution in [0.1, 0.15) is 32.1 Å². The molecule has 0 bridgehead atoms. The summed E-state index contributed by atoms with van der Waals surface area (Å²) in [5.41, 5.74) is 2.21. The Balaban J connectivity index is 1.66. The van der Waals surface area contributed by atoms with Crippen molar-refractivity contribution in [1.82, 2.24) is 9.97 Å². The van der Waals surface area contributed by atoms with Crippen LogP contribution in [0.15, 0.2) is 60.7 Å². The Hall–Kier alpha value is -2.95. The van der Waals surface area contributed by atoms with Gasteiger partial charge in [0.05, 0.1) is 11.4 Å². The van der Waals surface area contributed by atoms with Crippen LogP contribution in [0.4, 0.5) is 21.8 Å². The molecule has 2 N–H and O–H groups in total. The summed E-state index contributed by atoms with van der Waals surface area (Å²) in [6.07, 6.45) is 6.03. The van der Waals surface area contributed by atoms with E-state index in [9.17, 15) is 4.39 Å². The van der Waals surface area contributed by atoms with Crippen molar-refractivity contribution in [3.63, 3.8) is 0 Å². The van der Waals surface area contributed by atoms with E-state index in [4.69, 9.17) is 4.98 Å². The van der Waals surface area contributed by atoms with Gasteiger partial charge < -0.3 is 10.6 Å². The van der Waals surface area contributed by atoms with E-state index in [-0.39, 0.29) is 5.82 Å². The first-order valence-corrected chi connectivity index (χ1v) is 9.50. The average Bonchev–Trinajstić information content (AvgIpc) is 2.71. The molecule has 0 spiro atoms. The highest BCUT2D eigenvalue weighted by atomic mass is 19.1. The molecule has 1 aromatic heterocycles. The van der Waals surface area contributed by atoms with Crippen molar-refractivity contribution in [2.24, 2.45) is 0 Å². The van der Waals surface area contributed by atoms with Crippen LogP contribution in [-0.2, 0) is 0 Å². The molecule has 0 radical (unpaired) electrons. The molecule has 4 rings (SSSR count). The Labute approximate surface area is 158 Å². The molecule has 1 aliphatic carbocycles. The molecule has 1 heterocycles. The summed E-state index contributed by atoms with van der Waals surface area (Å²) in [7, 11) is 0. The smallest absolute Gasteiger partial charge is 0.225 e. The van der Waals surface area contributed by atoms with E-state index in [0.29, 0.717) is 23.5 Å². The first-order chi connectivity index (χ1) is 13.3. The van der Waals surface area contributed by atoms with E-state index in [0.717, 1.165) is 24.1 Å². The Morgan fingerprint density at radius 3 is 2.37 bits per heavy atom. The number of hydrogen-bond donors (Lipinski definition) is 2. The Kier molecular flexibility index (Phi) is 5.28. The minimum Gasteiger partial charge on any atom is -0.351 e. The van der Waals surface area contributed by atoms with Crippen LogP contribution in [0.2, 0.25) is 0 Å². The topological polar surface area (TPSA) is 49.8 Å². The fraction of sp³-hybridized carbons (Fsp3) is 0.273. The normalized spacial score (nSPS) is 14.7. The number of para-hydroxylation sites is 1. The Morgan fingerprint density at radius 1 is 0.852 bits per heavy atom. The van der Waals surface area contributed by atoms with Gasteiger partial charge >= 0.3 is 0 Å². The van der Waals surface area contributed by atoms with Crippen LogP contribution < -0.4 is 10.6 Å². The lowest BCUT2D eigenvalue weighted by Crippen LogP contribution is -2.23. The third-order valence-corrected chi connectivity index (χ3v) is 4.87. The molecule has 138 valence electrons. The van der Waals surface area contributed by atoms with E-state index < -0.39 is 0 Å². The number of benzene rings is 2. The van der Waals surface area contributed by atoms with Gasteiger partial charge in [-0.25, -0.2) is 9.37 Å². The highest BCUT2D eigenvalue weighted by Gasteiger charge is 2.16. The molecule has 0 atom stereocenters. The standard InChI is InChI=1S/C22H23FN4/c23-18-13-7-8-14-19(18)25-21-15-20(16-9-3-1-4-10-16)26-22(27-21)24-17-11-5-2-6-12-17/h1,3-4,7-10,13-15,17H,2,5-6,11-12H2,(H2,24,25,26,27). The quantitative estimate of drug-likeness (QED) is 0.605. The zero-order valence-corrected chi connectivity index (χ0v) is 15.2. The summed E-state index contributed by atoms with van der Waals surface area (Å²) >= 11 is 0. The van der Waals surface area contributed by atoms with Gasteiger partial charge in [0.15, 0.2) is 0 Å². The zero-order valence-electron chi connectivity index (χ0n) is 15.2. The number of aromatic nitrogens is 2. The van der Waals surface area contributed by atoms with E-state index >= 15 is 0 Å². The van der Waals surface area contributed by atoms with Crippen LogP contribution >= 0.6 is 0 Å². The van der Waals surface area contributed by atoms with Gasteiger partial charge in [-0.15, -0.1) is 0 Å². The molecule has 1 saturated carbocycles. The zero-order chi connectivity index (χ0) is 18.5. The molecule has 1 aliphatic rings. The Bertz CT molecular complexity index is 892. The summed E-state index contributed by atoms with van der Waals surface area (Å²) in [5, 5.41) is 6.57. The summed E-state index contributed by atoms with van der Waals surface area (Å²) in [5.74, 6) is 0.855. The number of rotatable bonds is 5. The van der Waals surface area contributed by atoms with Crippen LogP contribution in [0.5, 0.6) is 0 Å². The van der Waals surface area contributed by atoms with E-state index in [2.05, 4.69) is 15.6 Å². The lowest BCUT2D eigenvalue weighted by Gasteiger charge is -2.23. The number of anilines is 3. The van der Waals surface area contributed by atoms with Gasteiger partial charge in [-0.2, -0.15) is 4.98 Å². The lowest BCUT2D eigenvalue weighted by molar-refractivity contribution is 0.461. The van der Waals surface area contributed by atoms with Gasteiger partial charge in [0.25, 0.3) is 0 Å². The molecule has 3 aromatic rings. The van der Waals surface area contributed by atoms with Crippen LogP contribution in [0.25, 0.3) is 11.3 Å². The molecule has 27 heavy (non-hydrogen) atoms. The number of nitrogens with one attached hydrogen (secondary N) is 2. The summed E-state index contributed by atoms with van der Waals surface area (Å²) in [4.78, 5) is 9.30. The molecule has 0 unspecified atom stereocenters. The second-order valence-corrected chi connectivity index (χ2v) is 6.91. The SMILES string of the molecule is Fc1ccccc1Nc1cc(-c2ccccc2)nc(NC2CCCCC2)n1. The van der Waals surface area contributed by atoms with Gasteiger partial charge in [-0.3, -0.25) is 0 Å². The predicted molar refractivity (Wildman–Crippen MR) is 108 cm³/mol. The van der Waals surface area contributed by atoms with Crippen LogP contribution in [0.3, 0.4) is 0 Å². The van der Waals surface area contributed by atoms with Crippen molar-refractivity contribution in [2.45, 2.75) is 38.1 Å². The van der Waals surface area contributed by atoms with Gasteiger partial charge in [-0.05, 0) is 25.0 Å². The number of hydrogen-bond acceptors (Lipinski definition) is 4. The summed E-state index contributed by atoms with van der Waals surface area (Å²) in [6.45, 7) is 0. The summed E-state index contributed by atoms with van der Waals surface area (Å²) in [6, 6.07) is 18.8. The summed E-state index contributed by atoms with van der Waals surface area (Å²) < 4.78 is 14.1. The monoisotopic (exact) mass is 362 g/mol. The molecule has 0 saturated heterocycles. The molecule has 5 heteroatoms. The molecule has 4 nitrogen and oxygen atoms in total. The minimum atomic E-state index is -0.306.